The molecule has 1 aromatic carbocycles. The predicted molar refractivity (Wildman–Crippen MR) is 62.8 cm³/mol. The average molecular weight is 209 g/mol. The van der Waals surface area contributed by atoms with Crippen LogP contribution >= 0.6 is 11.8 Å². The number of benzene rings is 1. The van der Waals surface area contributed by atoms with E-state index in [1.165, 1.54) is 23.5 Å². The zero-order valence-corrected chi connectivity index (χ0v) is 9.55. The standard InChI is InChI=1S/C11H16N2S/c1-13(2)10-5-3-9(4-6-10)11-12-7-8-14-11/h3-6,11-12H,7-8H2,1-2H3/p+1/t11-/m0/s1. The minimum atomic E-state index is 0.631. The van der Waals surface area contributed by atoms with Crippen molar-refractivity contribution in [2.75, 3.05) is 31.3 Å². The number of anilines is 1. The van der Waals surface area contributed by atoms with Gasteiger partial charge in [0.25, 0.3) is 0 Å². The van der Waals surface area contributed by atoms with Gasteiger partial charge in [0.15, 0.2) is 5.37 Å². The third kappa shape index (κ3) is 2.04. The van der Waals surface area contributed by atoms with Crippen LogP contribution in [-0.2, 0) is 0 Å². The van der Waals surface area contributed by atoms with E-state index in [9.17, 15) is 0 Å². The van der Waals surface area contributed by atoms with Crippen LogP contribution < -0.4 is 10.2 Å². The molecule has 1 aliphatic heterocycles. The zero-order chi connectivity index (χ0) is 9.97. The Kier molecular flexibility index (Phi) is 2.99. The van der Waals surface area contributed by atoms with Gasteiger partial charge in [-0.15, -0.1) is 0 Å². The van der Waals surface area contributed by atoms with Gasteiger partial charge in [0.05, 0.1) is 6.54 Å². The molecule has 2 rings (SSSR count). The van der Waals surface area contributed by atoms with Crippen LogP contribution in [0, 0.1) is 0 Å². The van der Waals surface area contributed by atoms with Gasteiger partial charge >= 0.3 is 0 Å². The minimum absolute atomic E-state index is 0.631. The molecule has 1 atom stereocenters. The number of thioether (sulfide) groups is 1. The number of hydrogen-bond donors (Lipinski definition) is 1. The van der Waals surface area contributed by atoms with Crippen molar-refractivity contribution >= 4 is 17.4 Å². The lowest BCUT2D eigenvalue weighted by Gasteiger charge is -2.13. The van der Waals surface area contributed by atoms with Gasteiger partial charge in [-0.25, -0.2) is 0 Å². The lowest BCUT2D eigenvalue weighted by molar-refractivity contribution is -0.663. The molecule has 0 saturated carbocycles. The second kappa shape index (κ2) is 4.24. The van der Waals surface area contributed by atoms with E-state index in [-0.39, 0.29) is 0 Å². The van der Waals surface area contributed by atoms with E-state index in [0.717, 1.165) is 0 Å². The summed E-state index contributed by atoms with van der Waals surface area (Å²) in [6.45, 7) is 1.25. The predicted octanol–water partition coefficient (Wildman–Crippen LogP) is 1.06. The van der Waals surface area contributed by atoms with Crippen molar-refractivity contribution in [1.82, 2.24) is 0 Å². The van der Waals surface area contributed by atoms with Crippen LogP contribution in [0.2, 0.25) is 0 Å². The molecule has 2 nitrogen and oxygen atoms in total. The fourth-order valence-electron chi connectivity index (χ4n) is 1.68. The molecule has 0 aliphatic carbocycles. The largest absolute Gasteiger partial charge is 0.378 e. The molecular weight excluding hydrogens is 192 g/mol. The molecule has 0 amide bonds. The highest BCUT2D eigenvalue weighted by Crippen LogP contribution is 2.25. The van der Waals surface area contributed by atoms with Gasteiger partial charge < -0.3 is 10.2 Å². The summed E-state index contributed by atoms with van der Waals surface area (Å²) in [5, 5.41) is 3.04. The van der Waals surface area contributed by atoms with Crippen molar-refractivity contribution < 1.29 is 5.32 Å². The summed E-state index contributed by atoms with van der Waals surface area (Å²) in [6, 6.07) is 8.88. The van der Waals surface area contributed by atoms with E-state index in [0.29, 0.717) is 5.37 Å². The molecule has 0 unspecified atom stereocenters. The van der Waals surface area contributed by atoms with Gasteiger partial charge in [0.2, 0.25) is 0 Å². The van der Waals surface area contributed by atoms with Crippen LogP contribution in [-0.4, -0.2) is 26.4 Å². The Bertz CT molecular complexity index is 289. The van der Waals surface area contributed by atoms with Crippen molar-refractivity contribution in [3.63, 3.8) is 0 Å². The van der Waals surface area contributed by atoms with Gasteiger partial charge in [-0.1, -0.05) is 23.9 Å². The lowest BCUT2D eigenvalue weighted by Crippen LogP contribution is -2.81. The van der Waals surface area contributed by atoms with Crippen LogP contribution in [0.25, 0.3) is 0 Å². The number of quaternary nitrogens is 1. The van der Waals surface area contributed by atoms with Crippen LogP contribution in [0.1, 0.15) is 10.9 Å². The Balaban J connectivity index is 2.12. The van der Waals surface area contributed by atoms with E-state index < -0.39 is 0 Å². The summed E-state index contributed by atoms with van der Waals surface area (Å²) >= 11 is 2.04. The Morgan fingerprint density at radius 3 is 2.50 bits per heavy atom. The van der Waals surface area contributed by atoms with Gasteiger partial charge in [-0.2, -0.15) is 0 Å². The molecule has 0 radical (unpaired) electrons. The molecular formula is C11H17N2S+. The van der Waals surface area contributed by atoms with E-state index in [1.807, 2.05) is 11.8 Å². The van der Waals surface area contributed by atoms with Gasteiger partial charge in [-0.05, 0) is 12.1 Å². The van der Waals surface area contributed by atoms with Crippen molar-refractivity contribution in [3.8, 4) is 0 Å². The maximum absolute atomic E-state index is 2.41. The van der Waals surface area contributed by atoms with Crippen LogP contribution in [0.4, 0.5) is 5.69 Å². The average Bonchev–Trinajstić information content (AvgIpc) is 2.71. The quantitative estimate of drug-likeness (QED) is 0.786. The molecule has 0 aromatic heterocycles. The fourth-order valence-corrected chi connectivity index (χ4v) is 2.82. The summed E-state index contributed by atoms with van der Waals surface area (Å²) in [6.07, 6.45) is 0. The van der Waals surface area contributed by atoms with E-state index in [1.54, 1.807) is 0 Å². The first-order chi connectivity index (χ1) is 6.77. The summed E-state index contributed by atoms with van der Waals surface area (Å²) in [5.74, 6) is 1.28. The van der Waals surface area contributed by atoms with Gasteiger partial charge in [-0.3, -0.25) is 0 Å². The van der Waals surface area contributed by atoms with Gasteiger partial charge in [0, 0.05) is 31.1 Å². The summed E-state index contributed by atoms with van der Waals surface area (Å²) in [4.78, 5) is 2.13. The third-order valence-electron chi connectivity index (χ3n) is 2.53. The first kappa shape index (κ1) is 9.87. The number of nitrogens with zero attached hydrogens (tertiary/aromatic N) is 1. The van der Waals surface area contributed by atoms with E-state index >= 15 is 0 Å². The molecule has 76 valence electrons. The van der Waals surface area contributed by atoms with Crippen LogP contribution in [0.15, 0.2) is 24.3 Å². The SMILES string of the molecule is CN(C)c1ccc([C@H]2[NH2+]CCS2)cc1. The van der Waals surface area contributed by atoms with E-state index in [4.69, 9.17) is 0 Å². The van der Waals surface area contributed by atoms with Crippen LogP contribution in [0.3, 0.4) is 0 Å². The summed E-state index contributed by atoms with van der Waals surface area (Å²) in [7, 11) is 4.15. The molecule has 3 heteroatoms. The summed E-state index contributed by atoms with van der Waals surface area (Å²) in [5.41, 5.74) is 2.72. The van der Waals surface area contributed by atoms with Gasteiger partial charge in [0.1, 0.15) is 0 Å². The highest BCUT2D eigenvalue weighted by atomic mass is 32.2. The Morgan fingerprint density at radius 2 is 2.00 bits per heavy atom. The smallest absolute Gasteiger partial charge is 0.159 e. The third-order valence-corrected chi connectivity index (χ3v) is 3.83. The molecule has 1 aliphatic rings. The normalized spacial score (nSPS) is 21.1. The highest BCUT2D eigenvalue weighted by Gasteiger charge is 2.20. The number of nitrogens with two attached hydrogens (primary N) is 1. The second-order valence-corrected chi connectivity index (χ2v) is 5.05. The molecule has 0 spiro atoms. The fraction of sp³-hybridized carbons (Fsp3) is 0.455. The number of hydrogen-bond acceptors (Lipinski definition) is 2. The topological polar surface area (TPSA) is 19.9 Å². The van der Waals surface area contributed by atoms with Crippen molar-refractivity contribution in [3.05, 3.63) is 29.8 Å². The Morgan fingerprint density at radius 1 is 1.29 bits per heavy atom. The summed E-state index contributed by atoms with van der Waals surface area (Å²) < 4.78 is 0. The lowest BCUT2D eigenvalue weighted by atomic mass is 10.2. The van der Waals surface area contributed by atoms with E-state index in [2.05, 4.69) is 48.6 Å². The molecule has 1 fully saturated rings. The molecule has 0 bridgehead atoms. The van der Waals surface area contributed by atoms with Crippen molar-refractivity contribution in [2.45, 2.75) is 5.37 Å². The minimum Gasteiger partial charge on any atom is -0.378 e. The molecule has 2 N–H and O–H groups in total. The molecule has 1 saturated heterocycles. The maximum Gasteiger partial charge on any atom is 0.159 e. The Labute approximate surface area is 89.7 Å². The molecule has 1 aromatic rings. The van der Waals surface area contributed by atoms with Crippen LogP contribution in [0.5, 0.6) is 0 Å². The Hall–Kier alpha value is -0.670. The van der Waals surface area contributed by atoms with Crippen molar-refractivity contribution in [1.29, 1.82) is 0 Å². The molecule has 14 heavy (non-hydrogen) atoms. The second-order valence-electron chi connectivity index (χ2n) is 3.80. The first-order valence-corrected chi connectivity index (χ1v) is 6.04. The zero-order valence-electron chi connectivity index (χ0n) is 8.73. The first-order valence-electron chi connectivity index (χ1n) is 4.99. The highest BCUT2D eigenvalue weighted by molar-refractivity contribution is 7.99. The monoisotopic (exact) mass is 209 g/mol. The van der Waals surface area contributed by atoms with Crippen molar-refractivity contribution in [2.24, 2.45) is 0 Å². The number of rotatable bonds is 2. The molecule has 1 heterocycles. The maximum atomic E-state index is 2.41.